The Kier molecular flexibility index (Phi) is 6.55. The monoisotopic (exact) mass is 691 g/mol. The third kappa shape index (κ3) is 4.40. The molecule has 9 aromatic carbocycles. The van der Waals surface area contributed by atoms with Gasteiger partial charge >= 0.3 is 0 Å². The first-order valence-corrected chi connectivity index (χ1v) is 18.8. The average Bonchev–Trinajstić information content (AvgIpc) is 3.45. The molecule has 0 N–H and O–H groups in total. The van der Waals surface area contributed by atoms with Gasteiger partial charge < -0.3 is 9.64 Å². The summed E-state index contributed by atoms with van der Waals surface area (Å²) < 4.78 is 6.43. The zero-order chi connectivity index (χ0) is 36.1. The molecule has 0 unspecified atom stereocenters. The predicted octanol–water partition coefficient (Wildman–Crippen LogP) is 14.3. The molecule has 0 atom stereocenters. The van der Waals surface area contributed by atoms with Gasteiger partial charge in [0.2, 0.25) is 0 Å². The van der Waals surface area contributed by atoms with Crippen LogP contribution in [0.4, 0.5) is 11.4 Å². The van der Waals surface area contributed by atoms with E-state index in [9.17, 15) is 0 Å². The van der Waals surface area contributed by atoms with E-state index in [-0.39, 0.29) is 5.41 Å². The molecule has 1 aliphatic carbocycles. The van der Waals surface area contributed by atoms with E-state index in [1.165, 1.54) is 88.0 Å². The molecule has 1 heterocycles. The molecule has 0 spiro atoms. The van der Waals surface area contributed by atoms with Crippen LogP contribution in [0.25, 0.3) is 76.8 Å². The predicted molar refractivity (Wildman–Crippen MR) is 227 cm³/mol. The smallest absolute Gasteiger partial charge is 0.151 e. The molecule has 9 aromatic rings. The third-order valence-corrected chi connectivity index (χ3v) is 12.1. The maximum absolute atomic E-state index is 6.43. The van der Waals surface area contributed by atoms with Crippen molar-refractivity contribution in [3.05, 3.63) is 181 Å². The van der Waals surface area contributed by atoms with Gasteiger partial charge in [-0.2, -0.15) is 0 Å². The van der Waals surface area contributed by atoms with E-state index in [1.807, 2.05) is 12.1 Å². The number of anilines is 2. The van der Waals surface area contributed by atoms with Gasteiger partial charge in [0.15, 0.2) is 11.5 Å². The Hall–Kier alpha value is -6.64. The largest absolute Gasteiger partial charge is 0.453 e. The van der Waals surface area contributed by atoms with Gasteiger partial charge in [0.05, 0.1) is 11.4 Å². The molecular weight excluding hydrogens is 655 g/mol. The lowest BCUT2D eigenvalue weighted by atomic mass is 9.80. The first-order chi connectivity index (χ1) is 26.5. The minimum absolute atomic E-state index is 0.0998. The van der Waals surface area contributed by atoms with Gasteiger partial charge in [0.25, 0.3) is 0 Å². The summed E-state index contributed by atoms with van der Waals surface area (Å²) in [4.78, 5) is 2.25. The van der Waals surface area contributed by atoms with Crippen molar-refractivity contribution in [1.29, 1.82) is 0 Å². The maximum atomic E-state index is 6.43. The molecule has 0 saturated heterocycles. The molecule has 0 amide bonds. The molecule has 0 aromatic heterocycles. The lowest BCUT2D eigenvalue weighted by Gasteiger charge is -2.30. The summed E-state index contributed by atoms with van der Waals surface area (Å²) in [5.74, 6) is 1.74. The van der Waals surface area contributed by atoms with E-state index in [4.69, 9.17) is 4.74 Å². The van der Waals surface area contributed by atoms with Crippen LogP contribution in [0, 0.1) is 0 Å². The molecule has 2 heteroatoms. The number of rotatable bonds is 3. The SMILES string of the molecule is CN1c2ccccc2Oc2ccc(-c3c4ccccc4c(-c4ccc5c(c4)C(C)(C)c4ccccc4-5)c4cc(-c5cccc6ccccc56)ccc34)cc21. The molecule has 256 valence electrons. The van der Waals surface area contributed by atoms with Crippen molar-refractivity contribution in [1.82, 2.24) is 0 Å². The van der Waals surface area contributed by atoms with Crippen molar-refractivity contribution in [3.63, 3.8) is 0 Å². The lowest BCUT2D eigenvalue weighted by Crippen LogP contribution is -2.15. The van der Waals surface area contributed by atoms with Crippen molar-refractivity contribution >= 4 is 43.7 Å². The van der Waals surface area contributed by atoms with Gasteiger partial charge in [0.1, 0.15) is 0 Å². The van der Waals surface area contributed by atoms with Crippen LogP contribution in [-0.2, 0) is 5.41 Å². The Bertz CT molecular complexity index is 3020. The van der Waals surface area contributed by atoms with Gasteiger partial charge in [-0.05, 0) is 124 Å². The van der Waals surface area contributed by atoms with Gasteiger partial charge in [-0.15, -0.1) is 0 Å². The molecule has 2 nitrogen and oxygen atoms in total. The molecule has 0 fully saturated rings. The maximum Gasteiger partial charge on any atom is 0.151 e. The van der Waals surface area contributed by atoms with E-state index in [2.05, 4.69) is 184 Å². The second kappa shape index (κ2) is 11.4. The Morgan fingerprint density at radius 3 is 1.87 bits per heavy atom. The molecule has 0 saturated carbocycles. The molecule has 1 aliphatic heterocycles. The summed E-state index contributed by atoms with van der Waals surface area (Å²) in [5.41, 5.74) is 14.8. The van der Waals surface area contributed by atoms with Gasteiger partial charge in [-0.25, -0.2) is 0 Å². The van der Waals surface area contributed by atoms with Crippen LogP contribution in [0.1, 0.15) is 25.0 Å². The van der Waals surface area contributed by atoms with Crippen LogP contribution in [0.5, 0.6) is 11.5 Å². The number of benzene rings is 9. The minimum Gasteiger partial charge on any atom is -0.453 e. The van der Waals surface area contributed by atoms with Crippen LogP contribution >= 0.6 is 0 Å². The molecule has 0 radical (unpaired) electrons. The number of hydrogen-bond acceptors (Lipinski definition) is 2. The number of fused-ring (bicyclic) bond motifs is 8. The van der Waals surface area contributed by atoms with Crippen molar-refractivity contribution in [2.75, 3.05) is 11.9 Å². The van der Waals surface area contributed by atoms with Crippen molar-refractivity contribution in [3.8, 4) is 56.0 Å². The summed E-state index contributed by atoms with van der Waals surface area (Å²) >= 11 is 0. The summed E-state index contributed by atoms with van der Waals surface area (Å²) in [7, 11) is 2.13. The van der Waals surface area contributed by atoms with Crippen LogP contribution in [0.15, 0.2) is 170 Å². The van der Waals surface area contributed by atoms with Crippen LogP contribution in [0.3, 0.4) is 0 Å². The number of nitrogens with zero attached hydrogens (tertiary/aromatic N) is 1. The number of ether oxygens (including phenoxy) is 1. The van der Waals surface area contributed by atoms with Crippen molar-refractivity contribution in [2.24, 2.45) is 0 Å². The first-order valence-electron chi connectivity index (χ1n) is 18.8. The summed E-state index contributed by atoms with van der Waals surface area (Å²) in [6.07, 6.45) is 0. The van der Waals surface area contributed by atoms with E-state index in [0.29, 0.717) is 0 Å². The normalized spacial score (nSPS) is 13.7. The highest BCUT2D eigenvalue weighted by Gasteiger charge is 2.35. The molecule has 54 heavy (non-hydrogen) atoms. The van der Waals surface area contributed by atoms with Gasteiger partial charge in [0, 0.05) is 12.5 Å². The fourth-order valence-corrected chi connectivity index (χ4v) is 9.39. The molecule has 0 bridgehead atoms. The number of hydrogen-bond donors (Lipinski definition) is 0. The fourth-order valence-electron chi connectivity index (χ4n) is 9.39. The highest BCUT2D eigenvalue weighted by molar-refractivity contribution is 6.22. The fraction of sp³-hybridized carbons (Fsp3) is 0.0769. The summed E-state index contributed by atoms with van der Waals surface area (Å²) in [6.45, 7) is 4.74. The molecule has 2 aliphatic rings. The average molecular weight is 692 g/mol. The van der Waals surface area contributed by atoms with E-state index in [0.717, 1.165) is 22.9 Å². The van der Waals surface area contributed by atoms with E-state index in [1.54, 1.807) is 0 Å². The standard InChI is InChI=1S/C52H37NO/c1-52(2)44-20-9-8-16-38(44)39-26-24-34(30-45(39)52)51-41-18-7-6-17-40(41)50(35-25-28-49-47(31-35)53(3)46-21-10-11-22-48(46)54-49)42-27-23-33(29-43(42)51)37-19-12-14-32-13-4-5-15-36(32)37/h4-31H,1-3H3. The zero-order valence-electron chi connectivity index (χ0n) is 30.5. The van der Waals surface area contributed by atoms with Crippen LogP contribution in [0.2, 0.25) is 0 Å². The number of para-hydroxylation sites is 2. The van der Waals surface area contributed by atoms with Crippen molar-refractivity contribution < 1.29 is 4.74 Å². The van der Waals surface area contributed by atoms with E-state index < -0.39 is 0 Å². The van der Waals surface area contributed by atoms with Gasteiger partial charge in [-0.1, -0.05) is 147 Å². The third-order valence-electron chi connectivity index (χ3n) is 12.1. The summed E-state index contributed by atoms with van der Waals surface area (Å²) in [5, 5.41) is 7.47. The Morgan fingerprint density at radius 1 is 0.407 bits per heavy atom. The van der Waals surface area contributed by atoms with Gasteiger partial charge in [-0.3, -0.25) is 0 Å². The Morgan fingerprint density at radius 2 is 1.00 bits per heavy atom. The van der Waals surface area contributed by atoms with Crippen molar-refractivity contribution in [2.45, 2.75) is 19.3 Å². The quantitative estimate of drug-likeness (QED) is 0.171. The minimum atomic E-state index is -0.0998. The zero-order valence-corrected chi connectivity index (χ0v) is 30.5. The first kappa shape index (κ1) is 30.9. The molecular formula is C52H37NO. The van der Waals surface area contributed by atoms with Crippen LogP contribution in [-0.4, -0.2) is 7.05 Å². The van der Waals surface area contributed by atoms with Crippen LogP contribution < -0.4 is 9.64 Å². The second-order valence-corrected chi connectivity index (χ2v) is 15.3. The summed E-state index contributed by atoms with van der Waals surface area (Å²) in [6, 6.07) is 62.5. The topological polar surface area (TPSA) is 12.5 Å². The second-order valence-electron chi connectivity index (χ2n) is 15.3. The lowest BCUT2D eigenvalue weighted by molar-refractivity contribution is 0.475. The Labute approximate surface area is 315 Å². The Balaban J connectivity index is 1.20. The molecule has 11 rings (SSSR count). The van der Waals surface area contributed by atoms with E-state index >= 15 is 0 Å². The highest BCUT2D eigenvalue weighted by atomic mass is 16.5. The highest BCUT2D eigenvalue weighted by Crippen LogP contribution is 2.53.